The van der Waals surface area contributed by atoms with E-state index in [4.69, 9.17) is 0 Å². The Bertz CT molecular complexity index is 528. The zero-order valence-corrected chi connectivity index (χ0v) is 16.2. The maximum Gasteiger partial charge on any atom is 0.0543 e. The zero-order chi connectivity index (χ0) is 17.1. The Hall–Kier alpha value is -0.370. The molecule has 0 spiro atoms. The quantitative estimate of drug-likeness (QED) is 0.666. The molecule has 0 aromatic heterocycles. The van der Waals surface area contributed by atoms with Crippen LogP contribution in [0.15, 0.2) is 4.99 Å². The SMILES string of the molecule is C/N=C(\C)[C@H]1CC[C@H]2[C@@H]3CC[C@@H]4C[C@H](O)CC[C@]4(C)[C@H]3CC[C@]12C. The maximum absolute atomic E-state index is 10.2. The lowest BCUT2D eigenvalue weighted by Crippen LogP contribution is -2.54. The Labute approximate surface area is 148 Å². The standard InChI is InChI=1S/C22H37NO/c1-14(23-4)18-7-8-19-17-6-5-15-13-16(24)9-11-21(15,2)20(17)10-12-22(18,19)3/h15-20,24H,5-13H2,1-4H3/b23-14+/t15-,16-,17+,18-,19+,20+,21+,22-/m1/s1. The molecule has 0 radical (unpaired) electrons. The predicted molar refractivity (Wildman–Crippen MR) is 100 cm³/mol. The fraction of sp³-hybridized carbons (Fsp3) is 0.955. The molecule has 2 nitrogen and oxygen atoms in total. The fourth-order valence-corrected chi connectivity index (χ4v) is 8.08. The van der Waals surface area contributed by atoms with Gasteiger partial charge in [0.05, 0.1) is 6.10 Å². The van der Waals surface area contributed by atoms with Crippen molar-refractivity contribution in [3.8, 4) is 0 Å². The van der Waals surface area contributed by atoms with Crippen molar-refractivity contribution >= 4 is 5.71 Å². The van der Waals surface area contributed by atoms with E-state index in [1.54, 1.807) is 0 Å². The number of nitrogens with zero attached hydrogens (tertiary/aromatic N) is 1. The van der Waals surface area contributed by atoms with E-state index in [0.29, 0.717) is 10.8 Å². The van der Waals surface area contributed by atoms with Crippen molar-refractivity contribution in [3.05, 3.63) is 0 Å². The number of hydrogen-bond acceptors (Lipinski definition) is 2. The third kappa shape index (κ3) is 2.27. The summed E-state index contributed by atoms with van der Waals surface area (Å²) >= 11 is 0. The van der Waals surface area contributed by atoms with Crippen LogP contribution in [0.1, 0.15) is 78.6 Å². The van der Waals surface area contributed by atoms with E-state index in [-0.39, 0.29) is 6.10 Å². The Kier molecular flexibility index (Phi) is 4.14. The number of aliphatic imine (C=N–C) groups is 1. The summed E-state index contributed by atoms with van der Waals surface area (Å²) in [6, 6.07) is 0. The van der Waals surface area contributed by atoms with Crippen molar-refractivity contribution < 1.29 is 5.11 Å². The van der Waals surface area contributed by atoms with Crippen LogP contribution in [0, 0.1) is 40.4 Å². The second kappa shape index (κ2) is 5.83. The van der Waals surface area contributed by atoms with Crippen LogP contribution in [0.5, 0.6) is 0 Å². The molecule has 0 aromatic carbocycles. The van der Waals surface area contributed by atoms with Crippen molar-refractivity contribution in [1.29, 1.82) is 0 Å². The first-order chi connectivity index (χ1) is 11.4. The van der Waals surface area contributed by atoms with Crippen LogP contribution in [0.4, 0.5) is 0 Å². The van der Waals surface area contributed by atoms with Crippen molar-refractivity contribution in [1.82, 2.24) is 0 Å². The third-order valence-corrected chi connectivity index (χ3v) is 9.50. The lowest BCUT2D eigenvalue weighted by molar-refractivity contribution is -0.123. The average molecular weight is 332 g/mol. The molecular weight excluding hydrogens is 294 g/mol. The van der Waals surface area contributed by atoms with E-state index in [1.165, 1.54) is 50.7 Å². The third-order valence-electron chi connectivity index (χ3n) is 9.50. The molecule has 0 heterocycles. The van der Waals surface area contributed by atoms with E-state index in [0.717, 1.165) is 42.4 Å². The normalized spacial score (nSPS) is 54.8. The topological polar surface area (TPSA) is 32.6 Å². The van der Waals surface area contributed by atoms with Crippen LogP contribution in [-0.2, 0) is 0 Å². The molecule has 24 heavy (non-hydrogen) atoms. The molecular formula is C22H37NO. The first kappa shape index (κ1) is 17.1. The number of hydrogen-bond donors (Lipinski definition) is 1. The molecule has 0 unspecified atom stereocenters. The molecule has 2 heteroatoms. The Morgan fingerprint density at radius 3 is 2.38 bits per heavy atom. The zero-order valence-electron chi connectivity index (χ0n) is 16.2. The summed E-state index contributed by atoms with van der Waals surface area (Å²) in [5.74, 6) is 4.28. The smallest absolute Gasteiger partial charge is 0.0543 e. The van der Waals surface area contributed by atoms with Gasteiger partial charge >= 0.3 is 0 Å². The van der Waals surface area contributed by atoms with Crippen LogP contribution in [-0.4, -0.2) is 24.0 Å². The lowest BCUT2D eigenvalue weighted by Gasteiger charge is -2.61. The van der Waals surface area contributed by atoms with E-state index < -0.39 is 0 Å². The minimum Gasteiger partial charge on any atom is -0.393 e. The molecule has 0 saturated heterocycles. The molecule has 4 saturated carbocycles. The molecule has 4 aliphatic carbocycles. The van der Waals surface area contributed by atoms with E-state index in [2.05, 4.69) is 25.8 Å². The highest BCUT2D eigenvalue weighted by Gasteiger charge is 2.60. The van der Waals surface area contributed by atoms with Crippen LogP contribution in [0.2, 0.25) is 0 Å². The van der Waals surface area contributed by atoms with E-state index in [9.17, 15) is 5.11 Å². The van der Waals surface area contributed by atoms with Gasteiger partial charge in [0.25, 0.3) is 0 Å². The van der Waals surface area contributed by atoms with Crippen LogP contribution in [0.3, 0.4) is 0 Å². The molecule has 4 aliphatic rings. The van der Waals surface area contributed by atoms with Gasteiger partial charge < -0.3 is 5.11 Å². The van der Waals surface area contributed by atoms with E-state index in [1.807, 2.05) is 7.05 Å². The summed E-state index contributed by atoms with van der Waals surface area (Å²) in [6.45, 7) is 7.46. The van der Waals surface area contributed by atoms with Crippen LogP contribution in [0.25, 0.3) is 0 Å². The maximum atomic E-state index is 10.2. The van der Waals surface area contributed by atoms with Gasteiger partial charge in [-0.1, -0.05) is 13.8 Å². The molecule has 0 aromatic rings. The summed E-state index contributed by atoms with van der Waals surface area (Å²) in [5, 5.41) is 10.2. The van der Waals surface area contributed by atoms with Gasteiger partial charge in [-0.2, -0.15) is 0 Å². The van der Waals surface area contributed by atoms with Crippen LogP contribution >= 0.6 is 0 Å². The summed E-state index contributed by atoms with van der Waals surface area (Å²) in [7, 11) is 1.98. The van der Waals surface area contributed by atoms with Gasteiger partial charge in [-0.3, -0.25) is 4.99 Å². The number of rotatable bonds is 1. The van der Waals surface area contributed by atoms with Gasteiger partial charge in [0.1, 0.15) is 0 Å². The molecule has 4 rings (SSSR count). The lowest BCUT2D eigenvalue weighted by atomic mass is 9.44. The number of fused-ring (bicyclic) bond motifs is 5. The molecule has 136 valence electrons. The highest BCUT2D eigenvalue weighted by molar-refractivity contribution is 5.85. The first-order valence-corrected chi connectivity index (χ1v) is 10.5. The fourth-order valence-electron chi connectivity index (χ4n) is 8.08. The number of aliphatic hydroxyl groups is 1. The molecule has 0 amide bonds. The van der Waals surface area contributed by atoms with Crippen LogP contribution < -0.4 is 0 Å². The van der Waals surface area contributed by atoms with Gasteiger partial charge in [-0.25, -0.2) is 0 Å². The average Bonchev–Trinajstić information content (AvgIpc) is 2.92. The summed E-state index contributed by atoms with van der Waals surface area (Å²) in [4.78, 5) is 4.59. The molecule has 0 aliphatic heterocycles. The second-order valence-electron chi connectivity index (χ2n) is 10.1. The predicted octanol–water partition coefficient (Wildman–Crippen LogP) is 5.10. The van der Waals surface area contributed by atoms with Crippen molar-refractivity contribution in [2.45, 2.75) is 84.7 Å². The first-order valence-electron chi connectivity index (χ1n) is 10.5. The number of aliphatic hydroxyl groups excluding tert-OH is 1. The summed E-state index contributed by atoms with van der Waals surface area (Å²) < 4.78 is 0. The van der Waals surface area contributed by atoms with Gasteiger partial charge in [-0.05, 0) is 99.2 Å². The monoisotopic (exact) mass is 331 g/mol. The van der Waals surface area contributed by atoms with Gasteiger partial charge in [-0.15, -0.1) is 0 Å². The molecule has 4 fully saturated rings. The highest BCUT2D eigenvalue weighted by Crippen LogP contribution is 2.67. The minimum atomic E-state index is -0.0206. The molecule has 1 N–H and O–H groups in total. The van der Waals surface area contributed by atoms with Crippen molar-refractivity contribution in [2.75, 3.05) is 7.05 Å². The summed E-state index contributed by atoms with van der Waals surface area (Å²) in [5.41, 5.74) is 2.41. The van der Waals surface area contributed by atoms with Gasteiger partial charge in [0.2, 0.25) is 0 Å². The second-order valence-corrected chi connectivity index (χ2v) is 10.1. The van der Waals surface area contributed by atoms with Crippen molar-refractivity contribution in [2.24, 2.45) is 45.4 Å². The van der Waals surface area contributed by atoms with Gasteiger partial charge in [0.15, 0.2) is 0 Å². The van der Waals surface area contributed by atoms with Gasteiger partial charge in [0, 0.05) is 18.7 Å². The minimum absolute atomic E-state index is 0.0206. The van der Waals surface area contributed by atoms with E-state index >= 15 is 0 Å². The molecule has 8 atom stereocenters. The molecule has 0 bridgehead atoms. The Morgan fingerprint density at radius 1 is 0.917 bits per heavy atom. The Morgan fingerprint density at radius 2 is 1.62 bits per heavy atom. The summed E-state index contributed by atoms with van der Waals surface area (Å²) in [6.07, 6.45) is 11.8. The Balaban J connectivity index is 1.61. The highest BCUT2D eigenvalue weighted by atomic mass is 16.3. The largest absolute Gasteiger partial charge is 0.393 e. The van der Waals surface area contributed by atoms with Crippen molar-refractivity contribution in [3.63, 3.8) is 0 Å².